The van der Waals surface area contributed by atoms with Crippen LogP contribution in [0, 0.1) is 0 Å². The molecule has 1 aliphatic heterocycles. The maximum Gasteiger partial charge on any atom is 0.408 e. The molecule has 0 aliphatic carbocycles. The molecular formula is C18H28N4O5. The summed E-state index contributed by atoms with van der Waals surface area (Å²) >= 11 is 0. The van der Waals surface area contributed by atoms with E-state index in [0.717, 1.165) is 12.8 Å². The van der Waals surface area contributed by atoms with Crippen LogP contribution < -0.4 is 16.1 Å². The van der Waals surface area contributed by atoms with Gasteiger partial charge in [-0.1, -0.05) is 0 Å². The molecule has 1 aromatic rings. The number of carbonyl (C=O) groups is 3. The summed E-state index contributed by atoms with van der Waals surface area (Å²) in [5.74, 6) is -0.753. The van der Waals surface area contributed by atoms with Gasteiger partial charge in [-0.05, 0) is 52.7 Å². The van der Waals surface area contributed by atoms with Crippen molar-refractivity contribution in [3.8, 4) is 0 Å². The molecule has 3 amide bonds. The molecule has 1 fully saturated rings. The first-order valence-corrected chi connectivity index (χ1v) is 9.02. The third-order valence-corrected chi connectivity index (χ3v) is 3.90. The van der Waals surface area contributed by atoms with Gasteiger partial charge in [0.05, 0.1) is 0 Å². The Kier molecular flexibility index (Phi) is 6.84. The van der Waals surface area contributed by atoms with Gasteiger partial charge < -0.3 is 20.1 Å². The molecule has 150 valence electrons. The van der Waals surface area contributed by atoms with Crippen LogP contribution in [-0.2, 0) is 14.3 Å². The lowest BCUT2D eigenvalue weighted by Crippen LogP contribution is -2.46. The van der Waals surface area contributed by atoms with Crippen LogP contribution in [0.25, 0.3) is 0 Å². The maximum absolute atomic E-state index is 12.5. The molecule has 0 aromatic carbocycles. The van der Waals surface area contributed by atoms with Crippen molar-refractivity contribution in [1.29, 1.82) is 0 Å². The average molecular weight is 380 g/mol. The number of ether oxygens (including phenoxy) is 2. The Bertz CT molecular complexity index is 674. The van der Waals surface area contributed by atoms with E-state index in [9.17, 15) is 14.4 Å². The Labute approximate surface area is 158 Å². The van der Waals surface area contributed by atoms with E-state index in [2.05, 4.69) is 16.1 Å². The highest BCUT2D eigenvalue weighted by atomic mass is 16.6. The van der Waals surface area contributed by atoms with Crippen LogP contribution in [-0.4, -0.2) is 53.5 Å². The number of nitrogens with one attached hydrogen (secondary N) is 3. The molecule has 3 N–H and O–H groups in total. The van der Waals surface area contributed by atoms with Gasteiger partial charge in [-0.2, -0.15) is 0 Å². The number of aromatic nitrogens is 1. The van der Waals surface area contributed by atoms with Gasteiger partial charge in [0, 0.05) is 25.5 Å². The van der Waals surface area contributed by atoms with Crippen molar-refractivity contribution in [1.82, 2.24) is 15.3 Å². The maximum atomic E-state index is 12.5. The predicted molar refractivity (Wildman–Crippen MR) is 98.9 cm³/mol. The average Bonchev–Trinajstić information content (AvgIpc) is 3.02. The third kappa shape index (κ3) is 6.59. The highest BCUT2D eigenvalue weighted by Crippen LogP contribution is 2.09. The minimum atomic E-state index is -0.839. The van der Waals surface area contributed by atoms with E-state index in [4.69, 9.17) is 9.47 Å². The van der Waals surface area contributed by atoms with Gasteiger partial charge in [-0.25, -0.2) is 4.79 Å². The Balaban J connectivity index is 1.91. The molecule has 0 bridgehead atoms. The monoisotopic (exact) mass is 380 g/mol. The number of rotatable bonds is 5. The third-order valence-electron chi connectivity index (χ3n) is 3.90. The van der Waals surface area contributed by atoms with E-state index >= 15 is 0 Å². The Morgan fingerprint density at radius 1 is 1.26 bits per heavy atom. The van der Waals surface area contributed by atoms with Gasteiger partial charge in [-0.3, -0.25) is 19.7 Å². The fourth-order valence-electron chi connectivity index (χ4n) is 2.53. The fourth-order valence-corrected chi connectivity index (χ4v) is 2.53. The Morgan fingerprint density at radius 3 is 2.56 bits per heavy atom. The van der Waals surface area contributed by atoms with Gasteiger partial charge in [0.15, 0.2) is 0 Å². The first-order chi connectivity index (χ1) is 12.7. The predicted octanol–water partition coefficient (Wildman–Crippen LogP) is 1.38. The van der Waals surface area contributed by atoms with E-state index in [-0.39, 0.29) is 11.9 Å². The molecule has 1 atom stereocenters. The summed E-state index contributed by atoms with van der Waals surface area (Å²) in [6.45, 7) is 7.99. The zero-order valence-electron chi connectivity index (χ0n) is 16.2. The summed E-state index contributed by atoms with van der Waals surface area (Å²) in [5.41, 5.74) is 2.25. The zero-order chi connectivity index (χ0) is 20.0. The molecule has 9 nitrogen and oxygen atoms in total. The molecule has 1 unspecified atom stereocenters. The minimum absolute atomic E-state index is 0.0538. The highest BCUT2D eigenvalue weighted by molar-refractivity contribution is 5.95. The first-order valence-electron chi connectivity index (χ1n) is 9.02. The smallest absolute Gasteiger partial charge is 0.408 e. The highest BCUT2D eigenvalue weighted by Gasteiger charge is 2.23. The van der Waals surface area contributed by atoms with Crippen molar-refractivity contribution in [2.45, 2.75) is 58.2 Å². The summed E-state index contributed by atoms with van der Waals surface area (Å²) in [6, 6.07) is 2.48. The van der Waals surface area contributed by atoms with E-state index in [1.54, 1.807) is 39.1 Å². The van der Waals surface area contributed by atoms with Crippen LogP contribution in [0.4, 0.5) is 4.79 Å². The fraction of sp³-hybridized carbons (Fsp3) is 0.611. The number of nitrogens with zero attached hydrogens (tertiary/aromatic N) is 1. The number of amides is 3. The standard InChI is InChI=1S/C18H28N4O5/c1-12(19-17(25)27-18(2,3)4)15(23)21-22-9-5-6-14(22)16(24)20-13-7-10-26-11-8-13/h5-6,9,12-13H,7-8,10-11H2,1-4H3,(H,19,25)(H,20,24)(H,21,23). The van der Waals surface area contributed by atoms with E-state index in [0.29, 0.717) is 18.9 Å². The summed E-state index contributed by atoms with van der Waals surface area (Å²) in [6.07, 6.45) is 2.40. The van der Waals surface area contributed by atoms with Crippen LogP contribution in [0.5, 0.6) is 0 Å². The Hall–Kier alpha value is -2.55. The molecule has 0 spiro atoms. The van der Waals surface area contributed by atoms with Gasteiger partial charge in [0.2, 0.25) is 0 Å². The molecular weight excluding hydrogens is 352 g/mol. The molecule has 1 saturated heterocycles. The van der Waals surface area contributed by atoms with Gasteiger partial charge in [-0.15, -0.1) is 0 Å². The summed E-state index contributed by atoms with van der Waals surface area (Å²) < 4.78 is 11.7. The topological polar surface area (TPSA) is 111 Å². The largest absolute Gasteiger partial charge is 0.444 e. The normalized spacial score (nSPS) is 16.3. The summed E-state index contributed by atoms with van der Waals surface area (Å²) in [4.78, 5) is 36.6. The summed E-state index contributed by atoms with van der Waals surface area (Å²) in [7, 11) is 0. The molecule has 2 heterocycles. The quantitative estimate of drug-likeness (QED) is 0.715. The molecule has 9 heteroatoms. The second-order valence-electron chi connectivity index (χ2n) is 7.47. The van der Waals surface area contributed by atoms with E-state index in [1.165, 1.54) is 11.6 Å². The van der Waals surface area contributed by atoms with Gasteiger partial charge >= 0.3 is 6.09 Å². The van der Waals surface area contributed by atoms with Gasteiger partial charge in [0.1, 0.15) is 17.3 Å². The van der Waals surface area contributed by atoms with Crippen molar-refractivity contribution < 1.29 is 23.9 Å². The second-order valence-corrected chi connectivity index (χ2v) is 7.47. The van der Waals surface area contributed by atoms with Crippen molar-refractivity contribution in [3.63, 3.8) is 0 Å². The van der Waals surface area contributed by atoms with Crippen molar-refractivity contribution >= 4 is 17.9 Å². The lowest BCUT2D eigenvalue weighted by Gasteiger charge is -2.24. The minimum Gasteiger partial charge on any atom is -0.444 e. The number of hydrogen-bond donors (Lipinski definition) is 3. The lowest BCUT2D eigenvalue weighted by molar-refractivity contribution is -0.118. The van der Waals surface area contributed by atoms with Crippen LogP contribution >= 0.6 is 0 Å². The van der Waals surface area contributed by atoms with E-state index in [1.807, 2.05) is 0 Å². The Morgan fingerprint density at radius 2 is 1.93 bits per heavy atom. The van der Waals surface area contributed by atoms with Crippen LogP contribution in [0.2, 0.25) is 0 Å². The molecule has 27 heavy (non-hydrogen) atoms. The van der Waals surface area contributed by atoms with Crippen LogP contribution in [0.1, 0.15) is 51.0 Å². The van der Waals surface area contributed by atoms with Crippen molar-refractivity contribution in [3.05, 3.63) is 24.0 Å². The SMILES string of the molecule is CC(NC(=O)OC(C)(C)C)C(=O)Nn1cccc1C(=O)NC1CCOCC1. The molecule has 2 rings (SSSR count). The molecule has 0 radical (unpaired) electrons. The lowest BCUT2D eigenvalue weighted by atomic mass is 10.1. The molecule has 1 aliphatic rings. The molecule has 0 saturated carbocycles. The van der Waals surface area contributed by atoms with Crippen molar-refractivity contribution in [2.75, 3.05) is 18.6 Å². The van der Waals surface area contributed by atoms with Crippen LogP contribution in [0.3, 0.4) is 0 Å². The zero-order valence-corrected chi connectivity index (χ0v) is 16.2. The number of hydrogen-bond acceptors (Lipinski definition) is 5. The number of carbonyl (C=O) groups excluding carboxylic acids is 3. The summed E-state index contributed by atoms with van der Waals surface area (Å²) in [5, 5.41) is 5.40. The first kappa shape index (κ1) is 20.8. The van der Waals surface area contributed by atoms with Crippen molar-refractivity contribution in [2.24, 2.45) is 0 Å². The van der Waals surface area contributed by atoms with Gasteiger partial charge in [0.25, 0.3) is 11.8 Å². The second kappa shape index (κ2) is 8.90. The molecule has 1 aromatic heterocycles. The van der Waals surface area contributed by atoms with Crippen LogP contribution in [0.15, 0.2) is 18.3 Å². The number of alkyl carbamates (subject to hydrolysis) is 1. The van der Waals surface area contributed by atoms with E-state index < -0.39 is 23.6 Å².